The second-order valence-corrected chi connectivity index (χ2v) is 7.10. The lowest BCUT2D eigenvalue weighted by Crippen LogP contribution is -2.23. The van der Waals surface area contributed by atoms with E-state index in [4.69, 9.17) is 0 Å². The number of hydrogen-bond donors (Lipinski definition) is 1. The van der Waals surface area contributed by atoms with Crippen LogP contribution in [0.15, 0.2) is 64.5 Å². The molecule has 1 N–H and O–H groups in total. The first-order chi connectivity index (χ1) is 14.6. The summed E-state index contributed by atoms with van der Waals surface area (Å²) < 4.78 is 3.56. The lowest BCUT2D eigenvalue weighted by Gasteiger charge is -2.10. The van der Waals surface area contributed by atoms with Crippen LogP contribution in [0.5, 0.6) is 0 Å². The van der Waals surface area contributed by atoms with Crippen molar-refractivity contribution < 1.29 is 0 Å². The first kappa shape index (κ1) is 19.6. The lowest BCUT2D eigenvalue weighted by atomic mass is 10.2. The Balaban J connectivity index is 1.60. The monoisotopic (exact) mass is 400 g/mol. The predicted octanol–water partition coefficient (Wildman–Crippen LogP) is 3.72. The fourth-order valence-electron chi connectivity index (χ4n) is 3.51. The quantitative estimate of drug-likeness (QED) is 0.395. The van der Waals surface area contributed by atoms with Crippen LogP contribution in [0.4, 0.5) is 5.95 Å². The van der Waals surface area contributed by atoms with E-state index in [-0.39, 0.29) is 5.56 Å². The molecule has 0 amide bonds. The zero-order valence-corrected chi connectivity index (χ0v) is 17.3. The first-order valence-electron chi connectivity index (χ1n) is 9.95. The van der Waals surface area contributed by atoms with Crippen molar-refractivity contribution in [1.82, 2.24) is 19.3 Å². The molecule has 30 heavy (non-hydrogen) atoms. The van der Waals surface area contributed by atoms with Crippen molar-refractivity contribution in [1.29, 1.82) is 0 Å². The van der Waals surface area contributed by atoms with Gasteiger partial charge < -0.3 is 0 Å². The molecule has 0 fully saturated rings. The Morgan fingerprint density at radius 1 is 1.07 bits per heavy atom. The normalized spacial score (nSPS) is 11.4. The molecule has 2 aromatic carbocycles. The molecule has 7 nitrogen and oxygen atoms in total. The summed E-state index contributed by atoms with van der Waals surface area (Å²) >= 11 is 0. The highest BCUT2D eigenvalue weighted by molar-refractivity contribution is 5.83. The minimum Gasteiger partial charge on any atom is -0.277 e. The number of fused-ring (bicyclic) bond motifs is 1. The molecule has 0 atom stereocenters. The fraction of sp³-hybridized carbons (Fsp3) is 0.217. The zero-order chi connectivity index (χ0) is 21.1. The van der Waals surface area contributed by atoms with Crippen LogP contribution in [0, 0.1) is 13.8 Å². The fourth-order valence-corrected chi connectivity index (χ4v) is 3.51. The van der Waals surface area contributed by atoms with E-state index < -0.39 is 0 Å². The van der Waals surface area contributed by atoms with Gasteiger partial charge in [-0.1, -0.05) is 42.5 Å². The smallest absolute Gasteiger partial charge is 0.262 e. The molecule has 4 rings (SSSR count). The molecular formula is C23H24N6O. The molecule has 0 spiro atoms. The van der Waals surface area contributed by atoms with E-state index in [2.05, 4.69) is 32.7 Å². The highest BCUT2D eigenvalue weighted by Gasteiger charge is 2.11. The standard InChI is InChI=1S/C23H24N6O/c1-4-28-22(30)19-12-8-9-13-21(19)25-23(28)26-24-14-20-16(2)27-29(17(20)3)15-18-10-6-5-7-11-18/h5-14H,4,15H2,1-3H3,(H,25,26)/b24-14-. The molecule has 0 aliphatic heterocycles. The van der Waals surface area contributed by atoms with E-state index in [0.717, 1.165) is 17.0 Å². The van der Waals surface area contributed by atoms with Gasteiger partial charge in [0.1, 0.15) is 0 Å². The first-order valence-corrected chi connectivity index (χ1v) is 9.95. The van der Waals surface area contributed by atoms with Gasteiger partial charge in [0.25, 0.3) is 5.56 Å². The van der Waals surface area contributed by atoms with E-state index >= 15 is 0 Å². The Morgan fingerprint density at radius 2 is 1.80 bits per heavy atom. The largest absolute Gasteiger partial charge is 0.277 e. The van der Waals surface area contributed by atoms with E-state index in [0.29, 0.717) is 29.9 Å². The maximum atomic E-state index is 12.7. The minimum atomic E-state index is -0.0798. The Labute approximate surface area is 174 Å². The number of aromatic nitrogens is 4. The summed E-state index contributed by atoms with van der Waals surface area (Å²) in [6.45, 7) is 7.11. The van der Waals surface area contributed by atoms with Gasteiger partial charge in [-0.25, -0.2) is 10.4 Å². The molecule has 2 heterocycles. The van der Waals surface area contributed by atoms with Crippen LogP contribution in [-0.4, -0.2) is 25.5 Å². The van der Waals surface area contributed by atoms with E-state index in [1.54, 1.807) is 16.8 Å². The van der Waals surface area contributed by atoms with Gasteiger partial charge in [-0.05, 0) is 38.5 Å². The molecule has 0 aliphatic rings. The van der Waals surface area contributed by atoms with Crippen molar-refractivity contribution in [2.45, 2.75) is 33.9 Å². The summed E-state index contributed by atoms with van der Waals surface area (Å²) in [6, 6.07) is 17.5. The van der Waals surface area contributed by atoms with Gasteiger partial charge in [0.2, 0.25) is 5.95 Å². The molecule has 0 aliphatic carbocycles. The summed E-state index contributed by atoms with van der Waals surface area (Å²) in [6.07, 6.45) is 1.74. The molecule has 0 saturated heterocycles. The van der Waals surface area contributed by atoms with Crippen LogP contribution in [-0.2, 0) is 13.1 Å². The number of aryl methyl sites for hydroxylation is 1. The average Bonchev–Trinajstić information content (AvgIpc) is 3.02. The van der Waals surface area contributed by atoms with Crippen LogP contribution in [0.2, 0.25) is 0 Å². The van der Waals surface area contributed by atoms with Crippen LogP contribution in [0.3, 0.4) is 0 Å². The van der Waals surface area contributed by atoms with E-state index in [9.17, 15) is 4.79 Å². The highest BCUT2D eigenvalue weighted by Crippen LogP contribution is 2.14. The van der Waals surface area contributed by atoms with Crippen LogP contribution in [0.1, 0.15) is 29.4 Å². The van der Waals surface area contributed by atoms with Crippen molar-refractivity contribution in [3.63, 3.8) is 0 Å². The molecule has 0 bridgehead atoms. The number of rotatable bonds is 6. The lowest BCUT2D eigenvalue weighted by molar-refractivity contribution is 0.659. The Morgan fingerprint density at radius 3 is 2.57 bits per heavy atom. The Hall–Kier alpha value is -3.74. The van der Waals surface area contributed by atoms with E-state index in [1.165, 1.54) is 5.56 Å². The zero-order valence-electron chi connectivity index (χ0n) is 17.3. The third-order valence-electron chi connectivity index (χ3n) is 5.15. The molecule has 152 valence electrons. The maximum Gasteiger partial charge on any atom is 0.262 e. The number of hydrogen-bond acceptors (Lipinski definition) is 5. The number of nitrogens with one attached hydrogen (secondary N) is 1. The van der Waals surface area contributed by atoms with Crippen LogP contribution in [0.25, 0.3) is 10.9 Å². The van der Waals surface area contributed by atoms with Gasteiger partial charge in [0, 0.05) is 17.8 Å². The van der Waals surface area contributed by atoms with Crippen LogP contribution < -0.4 is 11.0 Å². The van der Waals surface area contributed by atoms with Crippen molar-refractivity contribution >= 4 is 23.1 Å². The van der Waals surface area contributed by atoms with Gasteiger partial charge in [0.15, 0.2) is 0 Å². The molecule has 0 saturated carbocycles. The summed E-state index contributed by atoms with van der Waals surface area (Å²) in [5.74, 6) is 0.421. The van der Waals surface area contributed by atoms with Gasteiger partial charge >= 0.3 is 0 Å². The maximum absolute atomic E-state index is 12.7. The third kappa shape index (κ3) is 3.74. The average molecular weight is 400 g/mol. The predicted molar refractivity (Wildman–Crippen MR) is 120 cm³/mol. The number of benzene rings is 2. The number of nitrogens with zero attached hydrogens (tertiary/aromatic N) is 5. The summed E-state index contributed by atoms with van der Waals surface area (Å²) in [4.78, 5) is 17.3. The van der Waals surface area contributed by atoms with Gasteiger partial charge in [-0.3, -0.25) is 14.0 Å². The van der Waals surface area contributed by atoms with Crippen molar-refractivity contribution in [3.8, 4) is 0 Å². The van der Waals surface area contributed by atoms with Gasteiger partial charge in [0.05, 0.1) is 29.4 Å². The highest BCUT2D eigenvalue weighted by atomic mass is 16.1. The SMILES string of the molecule is CCn1c(N/N=C\c2c(C)nn(Cc3ccccc3)c2C)nc2ccccc2c1=O. The number of hydrazone groups is 1. The Bertz CT molecular complexity index is 1270. The molecule has 2 aromatic heterocycles. The summed E-state index contributed by atoms with van der Waals surface area (Å²) in [7, 11) is 0. The molecular weight excluding hydrogens is 376 g/mol. The molecule has 0 radical (unpaired) electrons. The van der Waals surface area contributed by atoms with Crippen molar-refractivity contribution in [3.05, 3.63) is 87.5 Å². The third-order valence-corrected chi connectivity index (χ3v) is 5.15. The topological polar surface area (TPSA) is 77.1 Å². The second kappa shape index (κ2) is 8.32. The molecule has 4 aromatic rings. The van der Waals surface area contributed by atoms with E-state index in [1.807, 2.05) is 61.9 Å². The Kier molecular flexibility index (Phi) is 5.43. The number of anilines is 1. The molecule has 0 unspecified atom stereocenters. The number of para-hydroxylation sites is 1. The van der Waals surface area contributed by atoms with Gasteiger partial charge in [-0.15, -0.1) is 0 Å². The van der Waals surface area contributed by atoms with Gasteiger partial charge in [-0.2, -0.15) is 10.2 Å². The summed E-state index contributed by atoms with van der Waals surface area (Å²) in [5, 5.41) is 9.61. The van der Waals surface area contributed by atoms with Crippen LogP contribution >= 0.6 is 0 Å². The minimum absolute atomic E-state index is 0.0798. The van der Waals surface area contributed by atoms with Crippen molar-refractivity contribution in [2.24, 2.45) is 5.10 Å². The summed E-state index contributed by atoms with van der Waals surface area (Å²) in [5.41, 5.74) is 7.58. The molecule has 7 heteroatoms. The second-order valence-electron chi connectivity index (χ2n) is 7.10. The van der Waals surface area contributed by atoms with Crippen molar-refractivity contribution in [2.75, 3.05) is 5.43 Å².